The van der Waals surface area contributed by atoms with Gasteiger partial charge >= 0.3 is 0 Å². The van der Waals surface area contributed by atoms with Crippen molar-refractivity contribution in [3.05, 3.63) is 0 Å². The van der Waals surface area contributed by atoms with Crippen LogP contribution in [0.25, 0.3) is 0 Å². The molecule has 1 aliphatic rings. The number of Topliss-reactive ketones (excluding diaryl/α,β-unsaturated/α-hetero) is 1. The molecule has 1 saturated carbocycles. The van der Waals surface area contributed by atoms with Gasteiger partial charge in [-0.05, 0) is 12.3 Å². The summed E-state index contributed by atoms with van der Waals surface area (Å²) in [5, 5.41) is 0. The van der Waals surface area contributed by atoms with Gasteiger partial charge in [0.2, 0.25) is 5.92 Å². The summed E-state index contributed by atoms with van der Waals surface area (Å²) in [5.41, 5.74) is 0. The van der Waals surface area contributed by atoms with Crippen molar-refractivity contribution < 1.29 is 13.6 Å². The molecule has 82 valence electrons. The molecule has 1 fully saturated rings. The minimum Gasteiger partial charge on any atom is -0.299 e. The van der Waals surface area contributed by atoms with Gasteiger partial charge in [0.25, 0.3) is 0 Å². The number of rotatable bonds is 3. The SMILES string of the molecule is CC(C)C(C)C(=O)C1CCC(F)(F)C1. The Bertz CT molecular complexity index is 223. The van der Waals surface area contributed by atoms with Crippen LogP contribution in [0.15, 0.2) is 0 Å². The topological polar surface area (TPSA) is 17.1 Å². The Hall–Kier alpha value is -0.470. The van der Waals surface area contributed by atoms with E-state index in [9.17, 15) is 13.6 Å². The van der Waals surface area contributed by atoms with Gasteiger partial charge in [0.15, 0.2) is 0 Å². The second-order valence-electron chi connectivity index (χ2n) is 4.73. The minimum absolute atomic E-state index is 0.0252. The van der Waals surface area contributed by atoms with Gasteiger partial charge < -0.3 is 0 Å². The summed E-state index contributed by atoms with van der Waals surface area (Å²) >= 11 is 0. The van der Waals surface area contributed by atoms with Crippen molar-refractivity contribution in [3.8, 4) is 0 Å². The maximum absolute atomic E-state index is 12.9. The van der Waals surface area contributed by atoms with Crippen molar-refractivity contribution in [2.24, 2.45) is 17.8 Å². The standard InChI is InChI=1S/C11H18F2O/c1-7(2)8(3)10(14)9-4-5-11(12,13)6-9/h7-9H,4-6H2,1-3H3. The molecule has 0 aromatic carbocycles. The lowest BCUT2D eigenvalue weighted by molar-refractivity contribution is -0.128. The summed E-state index contributed by atoms with van der Waals surface area (Å²) in [7, 11) is 0. The third-order valence-corrected chi connectivity index (χ3v) is 3.25. The monoisotopic (exact) mass is 204 g/mol. The summed E-state index contributed by atoms with van der Waals surface area (Å²) in [6.07, 6.45) is 0.0139. The number of ketones is 1. The van der Waals surface area contributed by atoms with Crippen LogP contribution in [0.1, 0.15) is 40.0 Å². The molecule has 0 N–H and O–H groups in total. The van der Waals surface area contributed by atoms with E-state index in [1.807, 2.05) is 20.8 Å². The molecule has 0 heterocycles. The average Bonchev–Trinajstić information content (AvgIpc) is 2.43. The number of hydrogen-bond donors (Lipinski definition) is 0. The Labute approximate surface area is 83.9 Å². The summed E-state index contributed by atoms with van der Waals surface area (Å²) in [4.78, 5) is 11.7. The molecule has 1 aliphatic carbocycles. The van der Waals surface area contributed by atoms with Crippen molar-refractivity contribution in [3.63, 3.8) is 0 Å². The molecule has 14 heavy (non-hydrogen) atoms. The molecular formula is C11H18F2O. The molecule has 0 saturated heterocycles. The molecule has 0 aromatic rings. The largest absolute Gasteiger partial charge is 0.299 e. The van der Waals surface area contributed by atoms with Crippen LogP contribution < -0.4 is 0 Å². The average molecular weight is 204 g/mol. The van der Waals surface area contributed by atoms with Crippen LogP contribution in [0.5, 0.6) is 0 Å². The van der Waals surface area contributed by atoms with Gasteiger partial charge in [-0.2, -0.15) is 0 Å². The third kappa shape index (κ3) is 2.52. The molecule has 1 rings (SSSR count). The minimum atomic E-state index is -2.60. The van der Waals surface area contributed by atoms with E-state index >= 15 is 0 Å². The van der Waals surface area contributed by atoms with Crippen molar-refractivity contribution >= 4 is 5.78 Å². The van der Waals surface area contributed by atoms with Crippen LogP contribution in [0.2, 0.25) is 0 Å². The first-order valence-corrected chi connectivity index (χ1v) is 5.25. The zero-order valence-corrected chi connectivity index (χ0v) is 9.02. The molecule has 0 aliphatic heterocycles. The Kier molecular flexibility index (Phi) is 3.28. The first-order chi connectivity index (χ1) is 6.33. The molecule has 0 aromatic heterocycles. The van der Waals surface area contributed by atoms with Crippen LogP contribution in [0.3, 0.4) is 0 Å². The number of carbonyl (C=O) groups is 1. The van der Waals surface area contributed by atoms with Crippen molar-refractivity contribution in [2.75, 3.05) is 0 Å². The Balaban J connectivity index is 2.56. The molecule has 1 nitrogen and oxygen atoms in total. The highest BCUT2D eigenvalue weighted by Gasteiger charge is 2.43. The fourth-order valence-electron chi connectivity index (χ4n) is 1.89. The van der Waals surface area contributed by atoms with E-state index in [0.717, 1.165) is 0 Å². The van der Waals surface area contributed by atoms with E-state index in [1.54, 1.807) is 0 Å². The third-order valence-electron chi connectivity index (χ3n) is 3.25. The zero-order chi connectivity index (χ0) is 10.9. The Morgan fingerprint density at radius 2 is 1.93 bits per heavy atom. The zero-order valence-electron chi connectivity index (χ0n) is 9.02. The highest BCUT2D eigenvalue weighted by molar-refractivity contribution is 5.83. The van der Waals surface area contributed by atoms with Crippen LogP contribution in [-0.4, -0.2) is 11.7 Å². The fourth-order valence-corrected chi connectivity index (χ4v) is 1.89. The lowest BCUT2D eigenvalue weighted by Crippen LogP contribution is -2.24. The van der Waals surface area contributed by atoms with Crippen molar-refractivity contribution in [2.45, 2.75) is 46.0 Å². The van der Waals surface area contributed by atoms with E-state index in [0.29, 0.717) is 6.42 Å². The van der Waals surface area contributed by atoms with Crippen molar-refractivity contribution in [1.29, 1.82) is 0 Å². The number of carbonyl (C=O) groups excluding carboxylic acids is 1. The highest BCUT2D eigenvalue weighted by Crippen LogP contribution is 2.40. The predicted octanol–water partition coefficient (Wildman–Crippen LogP) is 3.28. The summed E-state index contributed by atoms with van der Waals surface area (Å²) in [5.74, 6) is -2.82. The van der Waals surface area contributed by atoms with Gasteiger partial charge in [-0.25, -0.2) is 8.78 Å². The van der Waals surface area contributed by atoms with Gasteiger partial charge in [0.05, 0.1) is 0 Å². The lowest BCUT2D eigenvalue weighted by atomic mass is 9.85. The van der Waals surface area contributed by atoms with Crippen LogP contribution in [-0.2, 0) is 4.79 Å². The van der Waals surface area contributed by atoms with E-state index in [2.05, 4.69) is 0 Å². The van der Waals surface area contributed by atoms with Gasteiger partial charge in [-0.15, -0.1) is 0 Å². The maximum atomic E-state index is 12.9. The van der Waals surface area contributed by atoms with E-state index < -0.39 is 11.8 Å². The van der Waals surface area contributed by atoms with Crippen LogP contribution >= 0.6 is 0 Å². The van der Waals surface area contributed by atoms with Gasteiger partial charge in [0, 0.05) is 24.7 Å². The summed E-state index contributed by atoms with van der Waals surface area (Å²) in [6.45, 7) is 5.74. The molecule has 0 amide bonds. The van der Waals surface area contributed by atoms with Gasteiger partial charge in [-0.1, -0.05) is 20.8 Å². The van der Waals surface area contributed by atoms with Gasteiger partial charge in [0.1, 0.15) is 5.78 Å². The molecule has 2 atom stereocenters. The fraction of sp³-hybridized carbons (Fsp3) is 0.909. The molecule has 3 heteroatoms. The Morgan fingerprint density at radius 1 is 1.36 bits per heavy atom. The number of alkyl halides is 2. The van der Waals surface area contributed by atoms with Gasteiger partial charge in [-0.3, -0.25) is 4.79 Å². The quantitative estimate of drug-likeness (QED) is 0.689. The van der Waals surface area contributed by atoms with E-state index in [-0.39, 0.29) is 30.5 Å². The lowest BCUT2D eigenvalue weighted by Gasteiger charge is -2.18. The van der Waals surface area contributed by atoms with Crippen molar-refractivity contribution in [1.82, 2.24) is 0 Å². The smallest absolute Gasteiger partial charge is 0.248 e. The van der Waals surface area contributed by atoms with E-state index in [1.165, 1.54) is 0 Å². The second kappa shape index (κ2) is 3.95. The van der Waals surface area contributed by atoms with Crippen LogP contribution in [0, 0.1) is 17.8 Å². The van der Waals surface area contributed by atoms with Crippen LogP contribution in [0.4, 0.5) is 8.78 Å². The summed E-state index contributed by atoms with van der Waals surface area (Å²) < 4.78 is 25.7. The Morgan fingerprint density at radius 3 is 2.29 bits per heavy atom. The second-order valence-corrected chi connectivity index (χ2v) is 4.73. The molecule has 2 unspecified atom stereocenters. The van der Waals surface area contributed by atoms with E-state index in [4.69, 9.17) is 0 Å². The highest BCUT2D eigenvalue weighted by atomic mass is 19.3. The first kappa shape index (κ1) is 11.6. The number of hydrogen-bond acceptors (Lipinski definition) is 1. The normalized spacial score (nSPS) is 28.0. The molecular weight excluding hydrogens is 186 g/mol. The maximum Gasteiger partial charge on any atom is 0.248 e. The molecule has 0 spiro atoms. The molecule has 0 radical (unpaired) electrons. The summed E-state index contributed by atoms with van der Waals surface area (Å²) in [6, 6.07) is 0. The predicted molar refractivity (Wildman–Crippen MR) is 51.3 cm³/mol. The molecule has 0 bridgehead atoms. The number of halogens is 2. The first-order valence-electron chi connectivity index (χ1n) is 5.25.